The van der Waals surface area contributed by atoms with Gasteiger partial charge in [-0.2, -0.15) is 13.2 Å². The lowest BCUT2D eigenvalue weighted by molar-refractivity contribution is -0.199. The standard InChI is InChI=1S/C15H16F3N3O6/c1-21-12(23)14(15(16,17)18,20-13(21)24)19-11(22)7-5-8(25-2)10(27-4)9(6-7)26-3/h5-6H,1-4H3,(H,19,22)(H,20,24). The van der Waals surface area contributed by atoms with Crippen LogP contribution in [0.3, 0.4) is 0 Å². The molecule has 12 heteroatoms. The second kappa shape index (κ2) is 6.85. The zero-order valence-electron chi connectivity index (χ0n) is 14.7. The Balaban J connectivity index is 2.49. The number of methoxy groups -OCH3 is 3. The van der Waals surface area contributed by atoms with Gasteiger partial charge in [0.05, 0.1) is 21.3 Å². The number of hydrogen-bond acceptors (Lipinski definition) is 6. The first-order chi connectivity index (χ1) is 12.5. The number of halogens is 3. The number of imide groups is 1. The number of likely N-dealkylation sites (N-methyl/N-ethyl adjacent to an activating group) is 1. The molecule has 1 atom stereocenters. The predicted octanol–water partition coefficient (Wildman–Crippen LogP) is 0.882. The largest absolute Gasteiger partial charge is 0.493 e. The summed E-state index contributed by atoms with van der Waals surface area (Å²) in [5.74, 6) is -2.81. The van der Waals surface area contributed by atoms with Gasteiger partial charge in [-0.25, -0.2) is 4.79 Å². The molecule has 9 nitrogen and oxygen atoms in total. The van der Waals surface area contributed by atoms with Crippen molar-refractivity contribution >= 4 is 17.8 Å². The molecule has 1 aliphatic heterocycles. The molecule has 0 radical (unpaired) electrons. The van der Waals surface area contributed by atoms with Crippen LogP contribution in [0.15, 0.2) is 12.1 Å². The Hall–Kier alpha value is -3.18. The van der Waals surface area contributed by atoms with Crippen LogP contribution in [0.1, 0.15) is 10.4 Å². The van der Waals surface area contributed by atoms with Gasteiger partial charge in [0.1, 0.15) is 0 Å². The number of rotatable bonds is 5. The Morgan fingerprint density at radius 3 is 1.96 bits per heavy atom. The summed E-state index contributed by atoms with van der Waals surface area (Å²) in [5.41, 5.74) is -3.90. The van der Waals surface area contributed by atoms with E-state index in [0.717, 1.165) is 19.2 Å². The number of nitrogens with zero attached hydrogens (tertiary/aromatic N) is 1. The lowest BCUT2D eigenvalue weighted by Crippen LogP contribution is -2.69. The molecule has 148 valence electrons. The summed E-state index contributed by atoms with van der Waals surface area (Å²) in [6.45, 7) is 0. The summed E-state index contributed by atoms with van der Waals surface area (Å²) in [7, 11) is 4.68. The van der Waals surface area contributed by atoms with E-state index in [0.29, 0.717) is 0 Å². The molecule has 1 unspecified atom stereocenters. The first-order valence-corrected chi connectivity index (χ1v) is 7.32. The van der Waals surface area contributed by atoms with Crippen LogP contribution in [0.4, 0.5) is 18.0 Å². The van der Waals surface area contributed by atoms with Crippen molar-refractivity contribution in [1.82, 2.24) is 15.5 Å². The van der Waals surface area contributed by atoms with Crippen molar-refractivity contribution < 1.29 is 41.8 Å². The van der Waals surface area contributed by atoms with Crippen molar-refractivity contribution in [1.29, 1.82) is 0 Å². The van der Waals surface area contributed by atoms with Gasteiger partial charge >= 0.3 is 12.2 Å². The maximum absolute atomic E-state index is 13.6. The molecule has 0 spiro atoms. The number of benzene rings is 1. The third kappa shape index (κ3) is 3.17. The summed E-state index contributed by atoms with van der Waals surface area (Å²) >= 11 is 0. The molecule has 1 saturated heterocycles. The Morgan fingerprint density at radius 1 is 1.11 bits per heavy atom. The van der Waals surface area contributed by atoms with Gasteiger partial charge in [-0.1, -0.05) is 0 Å². The van der Waals surface area contributed by atoms with Crippen LogP contribution in [0.5, 0.6) is 17.2 Å². The van der Waals surface area contributed by atoms with Gasteiger partial charge < -0.3 is 19.5 Å². The molecule has 0 aromatic heterocycles. The average Bonchev–Trinajstić information content (AvgIpc) is 2.84. The second-order valence-electron chi connectivity index (χ2n) is 5.41. The molecule has 27 heavy (non-hydrogen) atoms. The normalized spacial score (nSPS) is 19.6. The molecule has 4 amide bonds. The van der Waals surface area contributed by atoms with E-state index < -0.39 is 29.7 Å². The topological polar surface area (TPSA) is 106 Å². The monoisotopic (exact) mass is 391 g/mol. The summed E-state index contributed by atoms with van der Waals surface area (Å²) in [4.78, 5) is 36.3. The third-order valence-electron chi connectivity index (χ3n) is 3.88. The van der Waals surface area contributed by atoms with E-state index in [9.17, 15) is 27.6 Å². The fourth-order valence-corrected chi connectivity index (χ4v) is 2.44. The lowest BCUT2D eigenvalue weighted by Gasteiger charge is -2.29. The lowest BCUT2D eigenvalue weighted by atomic mass is 10.1. The third-order valence-corrected chi connectivity index (χ3v) is 3.88. The number of carbonyl (C=O) groups is 3. The smallest absolute Gasteiger partial charge is 0.440 e. The fraction of sp³-hybridized carbons (Fsp3) is 0.400. The van der Waals surface area contributed by atoms with Gasteiger partial charge in [0.25, 0.3) is 17.5 Å². The fourth-order valence-electron chi connectivity index (χ4n) is 2.44. The van der Waals surface area contributed by atoms with Crippen LogP contribution in [0.25, 0.3) is 0 Å². The summed E-state index contributed by atoms with van der Waals surface area (Å²) in [6, 6.07) is 0.903. The molecule has 0 bridgehead atoms. The number of urea groups is 1. The van der Waals surface area contributed by atoms with E-state index in [2.05, 4.69) is 0 Å². The highest BCUT2D eigenvalue weighted by Gasteiger charge is 2.68. The number of amides is 4. The van der Waals surface area contributed by atoms with Gasteiger partial charge in [-0.3, -0.25) is 19.8 Å². The number of nitrogens with one attached hydrogen (secondary N) is 2. The highest BCUT2D eigenvalue weighted by molar-refractivity contribution is 6.10. The molecular weight excluding hydrogens is 375 g/mol. The molecule has 2 rings (SSSR count). The maximum Gasteiger partial charge on any atom is 0.440 e. The molecule has 1 aliphatic rings. The van der Waals surface area contributed by atoms with Crippen molar-refractivity contribution in [3.63, 3.8) is 0 Å². The van der Waals surface area contributed by atoms with Crippen LogP contribution < -0.4 is 24.8 Å². The molecular formula is C15H16F3N3O6. The number of ether oxygens (including phenoxy) is 3. The van der Waals surface area contributed by atoms with Crippen LogP contribution in [-0.4, -0.2) is 63.0 Å². The number of hydrogen-bond donors (Lipinski definition) is 2. The van der Waals surface area contributed by atoms with Gasteiger partial charge in [-0.05, 0) is 12.1 Å². The Labute approximate surface area is 151 Å². The number of alkyl halides is 3. The summed E-state index contributed by atoms with van der Waals surface area (Å²) in [6.07, 6.45) is -5.29. The molecule has 1 fully saturated rings. The minimum Gasteiger partial charge on any atom is -0.493 e. The molecule has 2 N–H and O–H groups in total. The highest BCUT2D eigenvalue weighted by atomic mass is 19.4. The number of carbonyl (C=O) groups excluding carboxylic acids is 3. The van der Waals surface area contributed by atoms with E-state index in [1.807, 2.05) is 0 Å². The van der Waals surface area contributed by atoms with Crippen molar-refractivity contribution in [2.24, 2.45) is 0 Å². The maximum atomic E-state index is 13.6. The van der Waals surface area contributed by atoms with Crippen LogP contribution in [0, 0.1) is 0 Å². The molecule has 1 heterocycles. The van der Waals surface area contributed by atoms with Crippen LogP contribution in [0.2, 0.25) is 0 Å². The van der Waals surface area contributed by atoms with E-state index in [1.54, 1.807) is 5.32 Å². The Morgan fingerprint density at radius 2 is 1.63 bits per heavy atom. The minimum absolute atomic E-state index is 0.0157. The Bertz CT molecular complexity index is 772. The van der Waals surface area contributed by atoms with Crippen LogP contribution >= 0.6 is 0 Å². The highest BCUT2D eigenvalue weighted by Crippen LogP contribution is 2.39. The predicted molar refractivity (Wildman–Crippen MR) is 83.7 cm³/mol. The SMILES string of the molecule is COc1cc(C(=O)NC2(C(F)(F)F)NC(=O)N(C)C2=O)cc(OC)c1OC. The quantitative estimate of drug-likeness (QED) is 0.722. The van der Waals surface area contributed by atoms with Gasteiger partial charge in [-0.15, -0.1) is 0 Å². The van der Waals surface area contributed by atoms with E-state index in [-0.39, 0.29) is 27.7 Å². The first kappa shape index (κ1) is 20.1. The first-order valence-electron chi connectivity index (χ1n) is 7.32. The van der Waals surface area contributed by atoms with E-state index >= 15 is 0 Å². The zero-order valence-corrected chi connectivity index (χ0v) is 14.7. The molecule has 0 saturated carbocycles. The van der Waals surface area contributed by atoms with Crippen molar-refractivity contribution in [3.8, 4) is 17.2 Å². The Kier molecular flexibility index (Phi) is 5.11. The summed E-state index contributed by atoms with van der Waals surface area (Å²) < 4.78 is 55.8. The molecule has 0 aliphatic carbocycles. The van der Waals surface area contributed by atoms with Crippen molar-refractivity contribution in [2.75, 3.05) is 28.4 Å². The average molecular weight is 391 g/mol. The van der Waals surface area contributed by atoms with Crippen LogP contribution in [-0.2, 0) is 4.79 Å². The van der Waals surface area contributed by atoms with Crippen molar-refractivity contribution in [3.05, 3.63) is 17.7 Å². The minimum atomic E-state index is -5.29. The van der Waals surface area contributed by atoms with Gasteiger partial charge in [0.2, 0.25) is 5.75 Å². The zero-order chi connectivity index (χ0) is 20.6. The van der Waals surface area contributed by atoms with Gasteiger partial charge in [0, 0.05) is 12.6 Å². The van der Waals surface area contributed by atoms with E-state index in [1.165, 1.54) is 26.6 Å². The summed E-state index contributed by atoms with van der Waals surface area (Å²) in [5, 5.41) is 3.04. The van der Waals surface area contributed by atoms with Gasteiger partial charge in [0.15, 0.2) is 11.5 Å². The molecule has 1 aromatic rings. The molecule has 1 aromatic carbocycles. The second-order valence-corrected chi connectivity index (χ2v) is 5.41. The van der Waals surface area contributed by atoms with Crippen molar-refractivity contribution in [2.45, 2.75) is 11.8 Å². The van der Waals surface area contributed by atoms with E-state index in [4.69, 9.17) is 14.2 Å².